The van der Waals surface area contributed by atoms with Gasteiger partial charge in [0, 0.05) is 0 Å². The SMILES string of the molecule is CN(C)C(C)(C)C(C)(C)OC(=O)C(C)(C)C. The Balaban J connectivity index is 4.90. The standard InChI is InChI=1S/C13H27NO2/c1-11(2,3)10(15)16-13(6,7)12(4,5)14(8)9/h1-9H3. The summed E-state index contributed by atoms with van der Waals surface area (Å²) in [4.78, 5) is 14.0. The monoisotopic (exact) mass is 229 g/mol. The molecule has 96 valence electrons. The summed E-state index contributed by atoms with van der Waals surface area (Å²) in [7, 11) is 3.99. The zero-order chi connectivity index (χ0) is 13.4. The van der Waals surface area contributed by atoms with Crippen molar-refractivity contribution < 1.29 is 9.53 Å². The molecule has 0 aliphatic heterocycles. The molecule has 0 aromatic rings. The maximum Gasteiger partial charge on any atom is 0.311 e. The van der Waals surface area contributed by atoms with E-state index < -0.39 is 11.0 Å². The van der Waals surface area contributed by atoms with Gasteiger partial charge in [0.1, 0.15) is 5.60 Å². The van der Waals surface area contributed by atoms with Crippen LogP contribution in [-0.4, -0.2) is 36.1 Å². The predicted molar refractivity (Wildman–Crippen MR) is 67.4 cm³/mol. The van der Waals surface area contributed by atoms with Gasteiger partial charge in [-0.25, -0.2) is 0 Å². The van der Waals surface area contributed by atoms with Crippen LogP contribution in [-0.2, 0) is 9.53 Å². The van der Waals surface area contributed by atoms with Gasteiger partial charge in [-0.05, 0) is 62.6 Å². The number of hydrogen-bond acceptors (Lipinski definition) is 3. The molecule has 3 nitrogen and oxygen atoms in total. The van der Waals surface area contributed by atoms with Gasteiger partial charge in [-0.15, -0.1) is 0 Å². The summed E-state index contributed by atoms with van der Waals surface area (Å²) < 4.78 is 5.65. The first kappa shape index (κ1) is 15.4. The number of nitrogens with zero attached hydrogens (tertiary/aromatic N) is 1. The second-order valence-electron chi connectivity index (χ2n) is 6.60. The minimum atomic E-state index is -0.527. The molecule has 0 saturated carbocycles. The largest absolute Gasteiger partial charge is 0.457 e. The number of ether oxygens (including phenoxy) is 1. The summed E-state index contributed by atoms with van der Waals surface area (Å²) in [6.45, 7) is 13.7. The minimum absolute atomic E-state index is 0.160. The maximum atomic E-state index is 11.9. The van der Waals surface area contributed by atoms with E-state index in [-0.39, 0.29) is 11.5 Å². The normalized spacial score (nSPS) is 14.1. The number of esters is 1. The fraction of sp³-hybridized carbons (Fsp3) is 0.923. The Morgan fingerprint density at radius 1 is 0.938 bits per heavy atom. The van der Waals surface area contributed by atoms with Gasteiger partial charge in [-0.2, -0.15) is 0 Å². The van der Waals surface area contributed by atoms with E-state index in [1.807, 2.05) is 48.7 Å². The van der Waals surface area contributed by atoms with Gasteiger partial charge in [-0.1, -0.05) is 0 Å². The van der Waals surface area contributed by atoms with Crippen LogP contribution in [0.25, 0.3) is 0 Å². The third-order valence-electron chi connectivity index (χ3n) is 3.55. The predicted octanol–water partition coefficient (Wildman–Crippen LogP) is 2.69. The number of carbonyl (C=O) groups excluding carboxylic acids is 1. The van der Waals surface area contributed by atoms with Crippen molar-refractivity contribution in [3.63, 3.8) is 0 Å². The number of likely N-dealkylation sites (N-methyl/N-ethyl adjacent to an activating group) is 1. The van der Waals surface area contributed by atoms with Crippen molar-refractivity contribution in [1.82, 2.24) is 4.90 Å². The van der Waals surface area contributed by atoms with Crippen molar-refractivity contribution in [3.8, 4) is 0 Å². The van der Waals surface area contributed by atoms with Crippen LogP contribution in [0.5, 0.6) is 0 Å². The van der Waals surface area contributed by atoms with Crippen molar-refractivity contribution in [1.29, 1.82) is 0 Å². The van der Waals surface area contributed by atoms with E-state index in [0.29, 0.717) is 0 Å². The minimum Gasteiger partial charge on any atom is -0.457 e. The Morgan fingerprint density at radius 3 is 1.56 bits per heavy atom. The molecular weight excluding hydrogens is 202 g/mol. The Labute approximate surface area is 100 Å². The number of hydrogen-bond donors (Lipinski definition) is 0. The summed E-state index contributed by atoms with van der Waals surface area (Å²) in [6.07, 6.45) is 0. The molecule has 0 aromatic carbocycles. The van der Waals surface area contributed by atoms with Crippen LogP contribution < -0.4 is 0 Å². The molecule has 0 bridgehead atoms. The molecule has 0 amide bonds. The third kappa shape index (κ3) is 3.21. The molecular formula is C13H27NO2. The van der Waals surface area contributed by atoms with Crippen LogP contribution in [0.3, 0.4) is 0 Å². The summed E-state index contributed by atoms with van der Waals surface area (Å²) in [5.74, 6) is -0.160. The molecule has 0 aliphatic rings. The van der Waals surface area contributed by atoms with Crippen LogP contribution in [0.15, 0.2) is 0 Å². The van der Waals surface area contributed by atoms with Crippen molar-refractivity contribution in [2.24, 2.45) is 5.41 Å². The lowest BCUT2D eigenvalue weighted by atomic mass is 9.84. The highest BCUT2D eigenvalue weighted by molar-refractivity contribution is 5.75. The highest BCUT2D eigenvalue weighted by Gasteiger charge is 2.43. The van der Waals surface area contributed by atoms with Crippen LogP contribution >= 0.6 is 0 Å². The highest BCUT2D eigenvalue weighted by Crippen LogP contribution is 2.32. The van der Waals surface area contributed by atoms with Gasteiger partial charge >= 0.3 is 5.97 Å². The summed E-state index contributed by atoms with van der Waals surface area (Å²) in [5.41, 5.74) is -1.20. The van der Waals surface area contributed by atoms with E-state index in [0.717, 1.165) is 0 Å². The molecule has 0 unspecified atom stereocenters. The van der Waals surface area contributed by atoms with Gasteiger partial charge in [0.2, 0.25) is 0 Å². The number of rotatable bonds is 3. The average molecular weight is 229 g/mol. The topological polar surface area (TPSA) is 29.5 Å². The molecule has 0 aliphatic carbocycles. The van der Waals surface area contributed by atoms with E-state index in [9.17, 15) is 4.79 Å². The van der Waals surface area contributed by atoms with Crippen LogP contribution in [0.1, 0.15) is 48.5 Å². The van der Waals surface area contributed by atoms with Crippen LogP contribution in [0.4, 0.5) is 0 Å². The Bertz CT molecular complexity index is 260. The van der Waals surface area contributed by atoms with Crippen LogP contribution in [0.2, 0.25) is 0 Å². The van der Waals surface area contributed by atoms with Gasteiger partial charge in [0.05, 0.1) is 11.0 Å². The fourth-order valence-corrected chi connectivity index (χ4v) is 1.05. The lowest BCUT2D eigenvalue weighted by molar-refractivity contribution is -0.178. The van der Waals surface area contributed by atoms with Crippen molar-refractivity contribution >= 4 is 5.97 Å². The molecule has 0 spiro atoms. The van der Waals surface area contributed by atoms with E-state index >= 15 is 0 Å². The lowest BCUT2D eigenvalue weighted by Gasteiger charge is -2.46. The molecule has 0 heterocycles. The first-order valence-corrected chi connectivity index (χ1v) is 5.73. The van der Waals surface area contributed by atoms with Crippen LogP contribution in [0, 0.1) is 5.41 Å². The molecule has 0 fully saturated rings. The van der Waals surface area contributed by atoms with Gasteiger partial charge < -0.3 is 9.64 Å². The quantitative estimate of drug-likeness (QED) is 0.697. The third-order valence-corrected chi connectivity index (χ3v) is 3.55. The van der Waals surface area contributed by atoms with E-state index in [4.69, 9.17) is 4.74 Å². The highest BCUT2D eigenvalue weighted by atomic mass is 16.6. The van der Waals surface area contributed by atoms with Gasteiger partial charge in [-0.3, -0.25) is 4.79 Å². The second-order valence-corrected chi connectivity index (χ2v) is 6.60. The molecule has 0 N–H and O–H groups in total. The lowest BCUT2D eigenvalue weighted by Crippen LogP contribution is -2.57. The fourth-order valence-electron chi connectivity index (χ4n) is 1.05. The summed E-state index contributed by atoms with van der Waals surface area (Å²) in [5, 5.41) is 0. The van der Waals surface area contributed by atoms with E-state index in [2.05, 4.69) is 18.7 Å². The van der Waals surface area contributed by atoms with Gasteiger partial charge in [0.15, 0.2) is 0 Å². The van der Waals surface area contributed by atoms with Crippen molar-refractivity contribution in [2.45, 2.75) is 59.6 Å². The molecule has 0 aromatic heterocycles. The Hall–Kier alpha value is -0.570. The first-order valence-electron chi connectivity index (χ1n) is 5.73. The van der Waals surface area contributed by atoms with Crippen molar-refractivity contribution in [2.75, 3.05) is 14.1 Å². The molecule has 0 rings (SSSR count). The average Bonchev–Trinajstić information content (AvgIpc) is 2.00. The number of carbonyl (C=O) groups is 1. The molecule has 3 heteroatoms. The zero-order valence-corrected chi connectivity index (χ0v) is 12.3. The second kappa shape index (κ2) is 4.36. The maximum absolute atomic E-state index is 11.9. The molecule has 16 heavy (non-hydrogen) atoms. The molecule has 0 saturated heterocycles. The molecule has 0 atom stereocenters. The van der Waals surface area contributed by atoms with Gasteiger partial charge in [0.25, 0.3) is 0 Å². The zero-order valence-electron chi connectivity index (χ0n) is 12.3. The van der Waals surface area contributed by atoms with E-state index in [1.54, 1.807) is 0 Å². The molecule has 0 radical (unpaired) electrons. The summed E-state index contributed by atoms with van der Waals surface area (Å²) in [6, 6.07) is 0. The smallest absolute Gasteiger partial charge is 0.311 e. The van der Waals surface area contributed by atoms with E-state index in [1.165, 1.54) is 0 Å². The van der Waals surface area contributed by atoms with Crippen molar-refractivity contribution in [3.05, 3.63) is 0 Å². The Kier molecular flexibility index (Phi) is 4.21. The Morgan fingerprint density at radius 2 is 1.31 bits per heavy atom. The summed E-state index contributed by atoms with van der Waals surface area (Å²) >= 11 is 0. The first-order chi connectivity index (χ1) is 6.82.